The number of hydrogen-bond donors (Lipinski definition) is 2. The second-order valence-electron chi connectivity index (χ2n) is 3.70. The Morgan fingerprint density at radius 3 is 2.76 bits per heavy atom. The first kappa shape index (κ1) is 14.0. The van der Waals surface area contributed by atoms with Gasteiger partial charge in [-0.15, -0.1) is 6.58 Å². The standard InChI is InChI=1S/C12H14Cl2N2O/c1-3-4-10(15)12(17)16-11-6-8(13)7(2)5-9(11)14/h3,5-6,10H,1,4,15H2,2H3,(H,16,17). The summed E-state index contributed by atoms with van der Waals surface area (Å²) in [5.41, 5.74) is 6.95. The molecule has 0 aromatic heterocycles. The fourth-order valence-corrected chi connectivity index (χ4v) is 1.68. The van der Waals surface area contributed by atoms with Crippen LogP contribution in [0.3, 0.4) is 0 Å². The molecule has 0 radical (unpaired) electrons. The van der Waals surface area contributed by atoms with Crippen LogP contribution in [0.25, 0.3) is 0 Å². The maximum absolute atomic E-state index is 11.7. The van der Waals surface area contributed by atoms with E-state index in [1.54, 1.807) is 18.2 Å². The quantitative estimate of drug-likeness (QED) is 0.828. The van der Waals surface area contributed by atoms with Crippen LogP contribution in [0.15, 0.2) is 24.8 Å². The van der Waals surface area contributed by atoms with Gasteiger partial charge in [-0.25, -0.2) is 0 Å². The summed E-state index contributed by atoms with van der Waals surface area (Å²) in [7, 11) is 0. The second kappa shape index (κ2) is 6.05. The summed E-state index contributed by atoms with van der Waals surface area (Å²) in [6, 6.07) is 2.67. The molecule has 1 rings (SSSR count). The Labute approximate surface area is 111 Å². The number of carbonyl (C=O) groups excluding carboxylic acids is 1. The van der Waals surface area contributed by atoms with Crippen molar-refractivity contribution in [2.75, 3.05) is 5.32 Å². The van der Waals surface area contributed by atoms with Gasteiger partial charge in [0.2, 0.25) is 5.91 Å². The minimum absolute atomic E-state index is 0.313. The molecule has 0 saturated carbocycles. The lowest BCUT2D eigenvalue weighted by molar-refractivity contribution is -0.117. The predicted octanol–water partition coefficient (Wildman–Crippen LogP) is 3.14. The smallest absolute Gasteiger partial charge is 0.241 e. The average molecular weight is 273 g/mol. The third kappa shape index (κ3) is 3.73. The highest BCUT2D eigenvalue weighted by atomic mass is 35.5. The van der Waals surface area contributed by atoms with E-state index in [2.05, 4.69) is 11.9 Å². The number of hydrogen-bond acceptors (Lipinski definition) is 2. The first-order chi connectivity index (χ1) is 7.95. The van der Waals surface area contributed by atoms with Gasteiger partial charge in [0.1, 0.15) is 0 Å². The number of carbonyl (C=O) groups is 1. The van der Waals surface area contributed by atoms with Crippen LogP contribution in [0.5, 0.6) is 0 Å². The zero-order valence-electron chi connectivity index (χ0n) is 9.47. The Bertz CT molecular complexity index is 446. The Morgan fingerprint density at radius 1 is 1.53 bits per heavy atom. The first-order valence-corrected chi connectivity index (χ1v) is 5.84. The van der Waals surface area contributed by atoms with Gasteiger partial charge in [-0.1, -0.05) is 29.3 Å². The molecular formula is C12H14Cl2N2O. The number of amides is 1. The van der Waals surface area contributed by atoms with Gasteiger partial charge >= 0.3 is 0 Å². The fraction of sp³-hybridized carbons (Fsp3) is 0.250. The van der Waals surface area contributed by atoms with Crippen molar-refractivity contribution < 1.29 is 4.79 Å². The zero-order chi connectivity index (χ0) is 13.0. The van der Waals surface area contributed by atoms with Crippen molar-refractivity contribution in [3.63, 3.8) is 0 Å². The number of halogens is 2. The molecule has 1 aromatic carbocycles. The van der Waals surface area contributed by atoms with Gasteiger partial charge in [0, 0.05) is 5.02 Å². The minimum atomic E-state index is -0.636. The molecule has 0 saturated heterocycles. The molecule has 1 atom stereocenters. The van der Waals surface area contributed by atoms with E-state index in [9.17, 15) is 4.79 Å². The Morgan fingerprint density at radius 2 is 2.18 bits per heavy atom. The van der Waals surface area contributed by atoms with Gasteiger partial charge in [0.05, 0.1) is 16.8 Å². The molecule has 17 heavy (non-hydrogen) atoms. The molecule has 0 fully saturated rings. The molecule has 1 aromatic rings. The molecule has 3 N–H and O–H groups in total. The summed E-state index contributed by atoms with van der Waals surface area (Å²) >= 11 is 11.9. The van der Waals surface area contributed by atoms with Crippen molar-refractivity contribution in [2.45, 2.75) is 19.4 Å². The van der Waals surface area contributed by atoms with E-state index in [4.69, 9.17) is 28.9 Å². The molecule has 0 aliphatic heterocycles. The molecule has 0 heterocycles. The van der Waals surface area contributed by atoms with Crippen LogP contribution >= 0.6 is 23.2 Å². The van der Waals surface area contributed by atoms with Gasteiger partial charge in [0.15, 0.2) is 0 Å². The highest BCUT2D eigenvalue weighted by molar-refractivity contribution is 6.36. The SMILES string of the molecule is C=CCC(N)C(=O)Nc1cc(Cl)c(C)cc1Cl. The van der Waals surface area contributed by atoms with Crippen LogP contribution < -0.4 is 11.1 Å². The van der Waals surface area contributed by atoms with E-state index in [0.717, 1.165) is 5.56 Å². The monoisotopic (exact) mass is 272 g/mol. The van der Waals surface area contributed by atoms with Crippen LogP contribution in [-0.4, -0.2) is 11.9 Å². The fourth-order valence-electron chi connectivity index (χ4n) is 1.25. The third-order valence-corrected chi connectivity index (χ3v) is 2.98. The Balaban J connectivity index is 2.85. The van der Waals surface area contributed by atoms with E-state index in [1.807, 2.05) is 6.92 Å². The lowest BCUT2D eigenvalue weighted by atomic mass is 10.2. The summed E-state index contributed by atoms with van der Waals surface area (Å²) < 4.78 is 0. The number of benzene rings is 1. The van der Waals surface area contributed by atoms with Crippen LogP contribution in [-0.2, 0) is 4.79 Å². The van der Waals surface area contributed by atoms with E-state index in [0.29, 0.717) is 22.2 Å². The van der Waals surface area contributed by atoms with Crippen LogP contribution in [0.1, 0.15) is 12.0 Å². The normalized spacial score (nSPS) is 12.0. The predicted molar refractivity (Wildman–Crippen MR) is 72.6 cm³/mol. The second-order valence-corrected chi connectivity index (χ2v) is 4.52. The molecule has 0 aliphatic carbocycles. The average Bonchev–Trinajstić information content (AvgIpc) is 2.26. The summed E-state index contributed by atoms with van der Waals surface area (Å²) in [6.45, 7) is 5.36. The molecular weight excluding hydrogens is 259 g/mol. The van der Waals surface area contributed by atoms with Crippen molar-refractivity contribution in [3.05, 3.63) is 40.4 Å². The molecule has 0 aliphatic rings. The number of nitrogens with one attached hydrogen (secondary N) is 1. The first-order valence-electron chi connectivity index (χ1n) is 5.08. The Kier molecular flexibility index (Phi) is 5.00. The van der Waals surface area contributed by atoms with Crippen molar-refractivity contribution in [1.29, 1.82) is 0 Å². The molecule has 1 amide bonds. The van der Waals surface area contributed by atoms with Gasteiger partial charge in [0.25, 0.3) is 0 Å². The summed E-state index contributed by atoms with van der Waals surface area (Å²) in [6.07, 6.45) is 2.00. The highest BCUT2D eigenvalue weighted by Crippen LogP contribution is 2.28. The van der Waals surface area contributed by atoms with E-state index in [1.165, 1.54) is 0 Å². The topological polar surface area (TPSA) is 55.1 Å². The maximum Gasteiger partial charge on any atom is 0.241 e. The van der Waals surface area contributed by atoms with Gasteiger partial charge in [-0.2, -0.15) is 0 Å². The molecule has 3 nitrogen and oxygen atoms in total. The highest BCUT2D eigenvalue weighted by Gasteiger charge is 2.14. The third-order valence-electron chi connectivity index (χ3n) is 2.26. The molecule has 5 heteroatoms. The summed E-state index contributed by atoms with van der Waals surface area (Å²) in [5, 5.41) is 3.61. The van der Waals surface area contributed by atoms with Gasteiger partial charge < -0.3 is 11.1 Å². The summed E-state index contributed by atoms with van der Waals surface area (Å²) in [4.78, 5) is 11.7. The maximum atomic E-state index is 11.7. The lowest BCUT2D eigenvalue weighted by Gasteiger charge is -2.12. The largest absolute Gasteiger partial charge is 0.323 e. The van der Waals surface area contributed by atoms with Crippen molar-refractivity contribution >= 4 is 34.8 Å². The molecule has 0 spiro atoms. The number of anilines is 1. The molecule has 0 bridgehead atoms. The van der Waals surface area contributed by atoms with Crippen LogP contribution in [0, 0.1) is 6.92 Å². The van der Waals surface area contributed by atoms with Gasteiger partial charge in [-0.3, -0.25) is 4.79 Å². The van der Waals surface area contributed by atoms with E-state index < -0.39 is 6.04 Å². The molecule has 92 valence electrons. The number of rotatable bonds is 4. The Hall–Kier alpha value is -1.03. The lowest BCUT2D eigenvalue weighted by Crippen LogP contribution is -2.35. The van der Waals surface area contributed by atoms with Crippen LogP contribution in [0.2, 0.25) is 10.0 Å². The zero-order valence-corrected chi connectivity index (χ0v) is 11.0. The summed E-state index contributed by atoms with van der Waals surface area (Å²) in [5.74, 6) is -0.313. The van der Waals surface area contributed by atoms with Crippen molar-refractivity contribution in [1.82, 2.24) is 0 Å². The van der Waals surface area contributed by atoms with Gasteiger partial charge in [-0.05, 0) is 31.0 Å². The number of nitrogens with two attached hydrogens (primary N) is 1. The van der Waals surface area contributed by atoms with E-state index >= 15 is 0 Å². The number of aryl methyl sites for hydroxylation is 1. The molecule has 1 unspecified atom stereocenters. The van der Waals surface area contributed by atoms with Crippen LogP contribution in [0.4, 0.5) is 5.69 Å². The van der Waals surface area contributed by atoms with E-state index in [-0.39, 0.29) is 5.91 Å². The van der Waals surface area contributed by atoms with Crippen molar-refractivity contribution in [2.24, 2.45) is 5.73 Å². The van der Waals surface area contributed by atoms with Crippen molar-refractivity contribution in [3.8, 4) is 0 Å². The minimum Gasteiger partial charge on any atom is -0.323 e.